The number of hydrogen-bond acceptors (Lipinski definition) is 7. The Kier molecular flexibility index (Phi) is 19.9. The van der Waals surface area contributed by atoms with Crippen molar-refractivity contribution in [3.8, 4) is 0 Å². The molecule has 10 nitrogen and oxygen atoms in total. The molecule has 0 radical (unpaired) electrons. The van der Waals surface area contributed by atoms with Gasteiger partial charge in [0, 0.05) is 69.8 Å². The van der Waals surface area contributed by atoms with E-state index in [4.69, 9.17) is 0 Å². The number of fused-ring (bicyclic) bond motifs is 2. The van der Waals surface area contributed by atoms with Gasteiger partial charge >= 0.3 is 12.1 Å². The van der Waals surface area contributed by atoms with Crippen LogP contribution >= 0.6 is 23.5 Å². The van der Waals surface area contributed by atoms with Gasteiger partial charge < -0.3 is 31.3 Å². The highest BCUT2D eigenvalue weighted by Gasteiger charge is 2.47. The van der Waals surface area contributed by atoms with E-state index < -0.39 is 11.5 Å². The molecule has 0 aromatic heterocycles. The number of nitrogens with zero attached hydrogens (tertiary/aromatic N) is 2. The number of thioether (sulfide) groups is 2. The van der Waals surface area contributed by atoms with Crippen LogP contribution in [0.15, 0.2) is 30.0 Å². The molecule has 4 unspecified atom stereocenters. The van der Waals surface area contributed by atoms with Crippen LogP contribution in [0.25, 0.3) is 11.1 Å². The molecular weight excluding hydrogens is 885 g/mol. The second-order valence-electron chi connectivity index (χ2n) is 21.5. The van der Waals surface area contributed by atoms with Gasteiger partial charge in [0.15, 0.2) is 11.8 Å². The Morgan fingerprint density at radius 1 is 0.735 bits per heavy atom. The summed E-state index contributed by atoms with van der Waals surface area (Å²) >= 11 is 3.91. The summed E-state index contributed by atoms with van der Waals surface area (Å²) in [6.07, 6.45) is 11.6. The van der Waals surface area contributed by atoms with E-state index in [2.05, 4.69) is 128 Å². The standard InChI is InChI=1S/C56H88N6O4S2/c1-15-19-23-39(17-3)33-67-27-21-25-57-53(65)59-45-31-47-43(55(11,12)37(9)61(47)35(5)6)29-41(45)49-51(63)50(52(49)64)42-30-44-48(62(36(7)8)38(10)56(44,13)14)32-46(42)60-54(66)58-26-22-28-68-34-40(18-4)24-20-16-2/h29-32,35-40H,15-28,33-34H2,1-14H3,(H4,57,58,59,60,63,64,65,66). The summed E-state index contributed by atoms with van der Waals surface area (Å²) in [6, 6.07) is 7.75. The molecule has 0 saturated heterocycles. The van der Waals surface area contributed by atoms with Gasteiger partial charge in [-0.3, -0.25) is 4.79 Å². The molecule has 3 aliphatic rings. The van der Waals surface area contributed by atoms with Crippen molar-refractivity contribution in [2.24, 2.45) is 11.8 Å². The van der Waals surface area contributed by atoms with Gasteiger partial charge in [-0.05, 0) is 140 Å². The largest absolute Gasteiger partial charge is 0.871 e. The summed E-state index contributed by atoms with van der Waals surface area (Å²) in [5, 5.41) is 28.6. The van der Waals surface area contributed by atoms with Crippen molar-refractivity contribution in [1.29, 1.82) is 0 Å². The van der Waals surface area contributed by atoms with Crippen LogP contribution in [0.3, 0.4) is 0 Å². The van der Waals surface area contributed by atoms with Crippen LogP contribution in [0, 0.1) is 11.8 Å². The minimum atomic E-state index is -0.390. The molecule has 0 saturated carbocycles. The number of ketones is 1. The number of carbonyl (C=O) groups is 3. The molecule has 4 N–H and O–H groups in total. The molecule has 2 aliphatic heterocycles. The number of nitrogens with one attached hydrogen (secondary N) is 4. The third kappa shape index (κ3) is 12.3. The van der Waals surface area contributed by atoms with Gasteiger partial charge in [0.1, 0.15) is 6.04 Å². The predicted octanol–water partition coefficient (Wildman–Crippen LogP) is 10.6. The highest BCUT2D eigenvalue weighted by molar-refractivity contribution is 7.99. The highest BCUT2D eigenvalue weighted by atomic mass is 32.2. The Morgan fingerprint density at radius 3 is 1.76 bits per heavy atom. The number of Topliss-reactive ketones (excluding diaryl/α,β-unsaturated/α-hetero) is 1. The van der Waals surface area contributed by atoms with Gasteiger partial charge in [-0.25, -0.2) is 14.2 Å². The molecule has 68 heavy (non-hydrogen) atoms. The lowest BCUT2D eigenvalue weighted by Gasteiger charge is -2.34. The van der Waals surface area contributed by atoms with E-state index in [-0.39, 0.29) is 58.2 Å². The second kappa shape index (κ2) is 24.5. The minimum absolute atomic E-state index is 0.0549. The molecule has 4 atom stereocenters. The fourth-order valence-corrected chi connectivity index (χ4v) is 13.0. The minimum Gasteiger partial charge on any atom is -0.871 e. The summed E-state index contributed by atoms with van der Waals surface area (Å²) in [6.45, 7) is 31.9. The first-order valence-corrected chi connectivity index (χ1v) is 28.6. The SMILES string of the molecule is CCCCC(CC)CSCCCNC(=O)Nc1cc2c(cc1C1=C([O-])/C(=c3/cc4c(cc3NC(=O)NCCCSCC(CC)CCCC)=[N+](C(C)C)C(C)C4(C)C)C1=O)C(C)(C)C(C)N2C(C)C. The number of carbonyl (C=O) groups excluding carboxylic acids is 3. The van der Waals surface area contributed by atoms with Crippen LogP contribution in [0.4, 0.5) is 26.7 Å². The van der Waals surface area contributed by atoms with Crippen molar-refractivity contribution >= 4 is 69.6 Å². The molecule has 4 amide bonds. The van der Waals surface area contributed by atoms with Crippen LogP contribution in [-0.2, 0) is 15.6 Å². The number of anilines is 3. The van der Waals surface area contributed by atoms with E-state index in [9.17, 15) is 19.5 Å². The third-order valence-corrected chi connectivity index (χ3v) is 18.1. The maximum Gasteiger partial charge on any atom is 0.319 e. The molecule has 2 aromatic carbocycles. The predicted molar refractivity (Wildman–Crippen MR) is 291 cm³/mol. The molecule has 0 fully saturated rings. The number of amides is 4. The van der Waals surface area contributed by atoms with Crippen LogP contribution in [0.5, 0.6) is 0 Å². The first-order valence-electron chi connectivity index (χ1n) is 26.3. The first-order chi connectivity index (χ1) is 32.3. The molecule has 1 aliphatic carbocycles. The molecule has 2 heterocycles. The fraction of sp³-hybridized carbons (Fsp3) is 0.679. The Morgan fingerprint density at radius 2 is 1.28 bits per heavy atom. The van der Waals surface area contributed by atoms with Crippen LogP contribution in [0.2, 0.25) is 0 Å². The number of rotatable bonds is 25. The first kappa shape index (κ1) is 55.3. The number of allylic oxidation sites excluding steroid dienone is 2. The molecule has 2 aromatic rings. The van der Waals surface area contributed by atoms with Gasteiger partial charge in [-0.15, -0.1) is 0 Å². The monoisotopic (exact) mass is 973 g/mol. The maximum absolute atomic E-state index is 14.9. The van der Waals surface area contributed by atoms with Crippen LogP contribution in [0.1, 0.15) is 178 Å². The average Bonchev–Trinajstić information content (AvgIpc) is 3.60. The molecule has 0 spiro atoms. The Bertz CT molecular complexity index is 2270. The summed E-state index contributed by atoms with van der Waals surface area (Å²) in [7, 11) is 0. The van der Waals surface area contributed by atoms with E-state index >= 15 is 0 Å². The average molecular weight is 973 g/mol. The number of benzene rings is 2. The Balaban J connectivity index is 1.49. The Labute approximate surface area is 419 Å². The molecule has 0 bridgehead atoms. The lowest BCUT2D eigenvalue weighted by Crippen LogP contribution is -2.42. The molecule has 378 valence electrons. The Hall–Kier alpha value is -3.64. The zero-order chi connectivity index (χ0) is 50.1. The number of unbranched alkanes of at least 4 members (excludes halogenated alkanes) is 2. The lowest BCUT2D eigenvalue weighted by molar-refractivity contribution is -0.292. The van der Waals surface area contributed by atoms with Crippen molar-refractivity contribution in [3.63, 3.8) is 0 Å². The van der Waals surface area contributed by atoms with Crippen molar-refractivity contribution in [3.05, 3.63) is 57.3 Å². The zero-order valence-corrected chi connectivity index (χ0v) is 46.1. The molecular formula is C56H88N6O4S2. The van der Waals surface area contributed by atoms with E-state index in [0.29, 0.717) is 35.2 Å². The number of urea groups is 2. The molecule has 5 rings (SSSR count). The summed E-state index contributed by atoms with van der Waals surface area (Å²) in [5.74, 6) is 4.91. The number of hydrogen-bond donors (Lipinski definition) is 4. The smallest absolute Gasteiger partial charge is 0.319 e. The summed E-state index contributed by atoms with van der Waals surface area (Å²) in [4.78, 5) is 44.6. The highest BCUT2D eigenvalue weighted by Crippen LogP contribution is 2.50. The van der Waals surface area contributed by atoms with Gasteiger partial charge in [0.2, 0.25) is 5.36 Å². The van der Waals surface area contributed by atoms with Crippen molar-refractivity contribution in [2.45, 2.75) is 196 Å². The fourth-order valence-electron chi connectivity index (χ4n) is 10.5. The van der Waals surface area contributed by atoms with E-state index in [1.54, 1.807) is 0 Å². The van der Waals surface area contributed by atoms with Crippen LogP contribution in [-0.4, -0.2) is 78.1 Å². The normalized spacial score (nSPS) is 19.9. The topological polar surface area (TPSA) is 129 Å². The van der Waals surface area contributed by atoms with E-state index in [0.717, 1.165) is 69.9 Å². The van der Waals surface area contributed by atoms with Crippen molar-refractivity contribution in [1.82, 2.24) is 15.2 Å². The summed E-state index contributed by atoms with van der Waals surface area (Å²) < 4.78 is 2.36. The lowest BCUT2D eigenvalue weighted by atomic mass is 9.76. The van der Waals surface area contributed by atoms with E-state index in [1.165, 1.54) is 51.4 Å². The van der Waals surface area contributed by atoms with Gasteiger partial charge in [0.05, 0.1) is 16.8 Å². The van der Waals surface area contributed by atoms with Crippen LogP contribution < -0.4 is 46.4 Å². The maximum atomic E-state index is 14.9. The summed E-state index contributed by atoms with van der Waals surface area (Å²) in [5.41, 5.74) is 3.85. The van der Waals surface area contributed by atoms with Gasteiger partial charge in [0.25, 0.3) is 0 Å². The second-order valence-corrected chi connectivity index (χ2v) is 23.8. The van der Waals surface area contributed by atoms with Crippen molar-refractivity contribution in [2.75, 3.05) is 51.6 Å². The molecule has 12 heteroatoms. The van der Waals surface area contributed by atoms with Crippen molar-refractivity contribution < 1.29 is 19.5 Å². The van der Waals surface area contributed by atoms with Gasteiger partial charge in [-0.1, -0.05) is 85.8 Å². The quantitative estimate of drug-likeness (QED) is 0.0576. The zero-order valence-electron chi connectivity index (χ0n) is 44.4. The third-order valence-electron chi connectivity index (χ3n) is 15.5. The van der Waals surface area contributed by atoms with Gasteiger partial charge in [-0.2, -0.15) is 23.5 Å². The van der Waals surface area contributed by atoms with E-state index in [1.807, 2.05) is 47.8 Å².